The zero-order valence-corrected chi connectivity index (χ0v) is 18.7. The Morgan fingerprint density at radius 2 is 1.22 bits per heavy atom. The van der Waals surface area contributed by atoms with E-state index in [0.717, 1.165) is 47.9 Å². The third-order valence-electron chi connectivity index (χ3n) is 5.17. The summed E-state index contributed by atoms with van der Waals surface area (Å²) in [7, 11) is 0. The van der Waals surface area contributed by atoms with Gasteiger partial charge in [-0.05, 0) is 105 Å². The number of hydrogen-bond acceptors (Lipinski definition) is 4. The molecule has 0 atom stereocenters. The Morgan fingerprint density at radius 3 is 1.63 bits per heavy atom. The molecule has 1 saturated heterocycles. The lowest BCUT2D eigenvalue weighted by atomic mass is 9.94. The summed E-state index contributed by atoms with van der Waals surface area (Å²) in [5, 5.41) is 19.9. The van der Waals surface area contributed by atoms with Gasteiger partial charge in [0.05, 0.1) is 22.2 Å². The van der Waals surface area contributed by atoms with Gasteiger partial charge in [-0.15, -0.1) is 0 Å². The fourth-order valence-electron chi connectivity index (χ4n) is 3.51. The van der Waals surface area contributed by atoms with Crippen LogP contribution in [-0.4, -0.2) is 29.2 Å². The molecular weight excluding hydrogens is 476 g/mol. The van der Waals surface area contributed by atoms with Gasteiger partial charge in [0.1, 0.15) is 11.5 Å². The number of rotatable bonds is 6. The van der Waals surface area contributed by atoms with Crippen molar-refractivity contribution in [3.63, 3.8) is 0 Å². The Bertz CT molecular complexity index is 766. The minimum absolute atomic E-state index is 0.249. The molecule has 3 rings (SSSR count). The number of aryl methyl sites for hydroxylation is 4. The van der Waals surface area contributed by atoms with Crippen molar-refractivity contribution in [2.45, 2.75) is 45.3 Å². The molecule has 0 amide bonds. The monoisotopic (exact) mass is 498 g/mol. The number of hydrogen-bond donors (Lipinski definition) is 2. The first-order valence-corrected chi connectivity index (χ1v) is 10.6. The smallest absolute Gasteiger partial charge is 0.169 e. The van der Waals surface area contributed by atoms with Crippen LogP contribution in [0.2, 0.25) is 0 Å². The van der Waals surface area contributed by atoms with Crippen LogP contribution in [0.5, 0.6) is 11.5 Å². The lowest BCUT2D eigenvalue weighted by Crippen LogP contribution is -2.31. The maximum absolute atomic E-state index is 9.97. The molecule has 0 unspecified atom stereocenters. The maximum atomic E-state index is 9.97. The van der Waals surface area contributed by atoms with Crippen molar-refractivity contribution in [2.24, 2.45) is 0 Å². The molecule has 0 radical (unpaired) electrons. The largest absolute Gasteiger partial charge is 0.507 e. The Balaban J connectivity index is 1.71. The van der Waals surface area contributed by atoms with Gasteiger partial charge in [0.2, 0.25) is 0 Å². The van der Waals surface area contributed by atoms with E-state index in [1.165, 1.54) is 0 Å². The molecule has 0 spiro atoms. The quantitative estimate of drug-likeness (QED) is 0.547. The van der Waals surface area contributed by atoms with Crippen molar-refractivity contribution in [2.75, 3.05) is 13.2 Å². The Hall–Kier alpha value is -1.08. The van der Waals surface area contributed by atoms with E-state index in [1.54, 1.807) is 12.1 Å². The molecule has 1 fully saturated rings. The Labute approximate surface area is 176 Å². The van der Waals surface area contributed by atoms with Crippen LogP contribution in [0.4, 0.5) is 0 Å². The minimum Gasteiger partial charge on any atom is -0.507 e. The molecule has 146 valence electrons. The maximum Gasteiger partial charge on any atom is 0.169 e. The fraction of sp³-hybridized carbons (Fsp3) is 0.429. The van der Waals surface area contributed by atoms with Gasteiger partial charge in [-0.25, -0.2) is 0 Å². The Kier molecular flexibility index (Phi) is 6.51. The topological polar surface area (TPSA) is 58.9 Å². The van der Waals surface area contributed by atoms with E-state index >= 15 is 0 Å². The lowest BCUT2D eigenvalue weighted by molar-refractivity contribution is -0.166. The standard InChI is InChI=1S/C21H24Br2O4/c1-13-9-17(22)19(24)11-15(13)3-5-21(26-7-8-27-21)6-4-16-12-20(25)18(23)10-14(16)2/h9-12,24-25H,3-8H2,1-2H3. The zero-order chi connectivity index (χ0) is 19.6. The molecule has 0 aromatic heterocycles. The molecule has 1 aliphatic rings. The average Bonchev–Trinajstić information content (AvgIpc) is 3.08. The molecule has 0 aliphatic carbocycles. The van der Waals surface area contributed by atoms with E-state index in [-0.39, 0.29) is 11.5 Å². The van der Waals surface area contributed by atoms with Gasteiger partial charge < -0.3 is 19.7 Å². The van der Waals surface area contributed by atoms with Crippen LogP contribution < -0.4 is 0 Å². The highest BCUT2D eigenvalue weighted by Gasteiger charge is 2.36. The van der Waals surface area contributed by atoms with Crippen LogP contribution >= 0.6 is 31.9 Å². The molecular formula is C21H24Br2O4. The SMILES string of the molecule is Cc1cc(Br)c(O)cc1CCC1(CCc2cc(O)c(Br)cc2C)OCCO1. The number of ether oxygens (including phenoxy) is 2. The third kappa shape index (κ3) is 4.86. The van der Waals surface area contributed by atoms with Crippen molar-refractivity contribution >= 4 is 31.9 Å². The number of benzene rings is 2. The molecule has 0 saturated carbocycles. The highest BCUT2D eigenvalue weighted by atomic mass is 79.9. The van der Waals surface area contributed by atoms with E-state index in [0.29, 0.717) is 22.2 Å². The minimum atomic E-state index is -0.621. The van der Waals surface area contributed by atoms with Gasteiger partial charge in [0.25, 0.3) is 0 Å². The zero-order valence-electron chi connectivity index (χ0n) is 15.5. The second kappa shape index (κ2) is 8.52. The molecule has 0 bridgehead atoms. The predicted octanol–water partition coefficient (Wildman–Crippen LogP) is 5.55. The fourth-order valence-corrected chi connectivity index (χ4v) is 4.42. The molecule has 2 aromatic rings. The van der Waals surface area contributed by atoms with Crippen LogP contribution in [0.1, 0.15) is 35.1 Å². The first-order chi connectivity index (χ1) is 12.8. The number of phenolic OH excluding ortho intramolecular Hbond substituents is 2. The van der Waals surface area contributed by atoms with Gasteiger partial charge in [-0.2, -0.15) is 0 Å². The van der Waals surface area contributed by atoms with E-state index in [2.05, 4.69) is 31.9 Å². The molecule has 27 heavy (non-hydrogen) atoms. The summed E-state index contributed by atoms with van der Waals surface area (Å²) in [5.41, 5.74) is 4.43. The molecule has 1 aliphatic heterocycles. The summed E-state index contributed by atoms with van der Waals surface area (Å²) in [4.78, 5) is 0. The van der Waals surface area contributed by atoms with Crippen molar-refractivity contribution in [1.29, 1.82) is 0 Å². The van der Waals surface area contributed by atoms with Crippen LogP contribution in [0.15, 0.2) is 33.2 Å². The second-order valence-electron chi connectivity index (χ2n) is 7.07. The summed E-state index contributed by atoms with van der Waals surface area (Å²) in [6.45, 7) is 5.26. The average molecular weight is 500 g/mol. The number of aromatic hydroxyl groups is 2. The number of phenols is 2. The molecule has 1 heterocycles. The van der Waals surface area contributed by atoms with Crippen LogP contribution in [-0.2, 0) is 22.3 Å². The van der Waals surface area contributed by atoms with E-state index < -0.39 is 5.79 Å². The van der Waals surface area contributed by atoms with Crippen molar-refractivity contribution in [3.8, 4) is 11.5 Å². The molecule has 2 N–H and O–H groups in total. The van der Waals surface area contributed by atoms with Gasteiger partial charge in [-0.3, -0.25) is 0 Å². The highest BCUT2D eigenvalue weighted by molar-refractivity contribution is 9.10. The molecule has 2 aromatic carbocycles. The normalized spacial score (nSPS) is 16.0. The first kappa shape index (κ1) is 20.6. The van der Waals surface area contributed by atoms with E-state index in [4.69, 9.17) is 9.47 Å². The summed E-state index contributed by atoms with van der Waals surface area (Å²) in [5.74, 6) is -0.123. The van der Waals surface area contributed by atoms with Gasteiger partial charge >= 0.3 is 0 Å². The summed E-state index contributed by atoms with van der Waals surface area (Å²) in [6.07, 6.45) is 2.96. The highest BCUT2D eigenvalue weighted by Crippen LogP contribution is 2.35. The van der Waals surface area contributed by atoms with E-state index in [9.17, 15) is 10.2 Å². The van der Waals surface area contributed by atoms with Crippen molar-refractivity contribution < 1.29 is 19.7 Å². The lowest BCUT2D eigenvalue weighted by Gasteiger charge is -2.28. The summed E-state index contributed by atoms with van der Waals surface area (Å²) >= 11 is 6.71. The molecule has 4 nitrogen and oxygen atoms in total. The summed E-state index contributed by atoms with van der Waals surface area (Å²) in [6, 6.07) is 7.47. The molecule has 6 heteroatoms. The van der Waals surface area contributed by atoms with Gasteiger partial charge in [0, 0.05) is 12.8 Å². The van der Waals surface area contributed by atoms with Gasteiger partial charge in [-0.1, -0.05) is 0 Å². The van der Waals surface area contributed by atoms with Crippen LogP contribution in [0, 0.1) is 13.8 Å². The first-order valence-electron chi connectivity index (χ1n) is 9.03. The Morgan fingerprint density at radius 1 is 0.815 bits per heavy atom. The second-order valence-corrected chi connectivity index (χ2v) is 8.78. The number of halogens is 2. The summed E-state index contributed by atoms with van der Waals surface area (Å²) < 4.78 is 13.4. The van der Waals surface area contributed by atoms with Crippen molar-refractivity contribution in [3.05, 3.63) is 55.5 Å². The third-order valence-corrected chi connectivity index (χ3v) is 6.45. The van der Waals surface area contributed by atoms with Crippen LogP contribution in [0.3, 0.4) is 0 Å². The van der Waals surface area contributed by atoms with Crippen molar-refractivity contribution in [1.82, 2.24) is 0 Å². The predicted molar refractivity (Wildman–Crippen MR) is 112 cm³/mol. The van der Waals surface area contributed by atoms with Crippen LogP contribution in [0.25, 0.3) is 0 Å². The van der Waals surface area contributed by atoms with Gasteiger partial charge in [0.15, 0.2) is 5.79 Å². The van der Waals surface area contributed by atoms with E-state index in [1.807, 2.05) is 26.0 Å².